The zero-order valence-corrected chi connectivity index (χ0v) is 19.7. The van der Waals surface area contributed by atoms with Crippen molar-refractivity contribution >= 4 is 34.0 Å². The molecular formula is C24H25FN4O3S. The summed E-state index contributed by atoms with van der Waals surface area (Å²) in [6, 6.07) is 9.82. The number of halogens is 1. The van der Waals surface area contributed by atoms with Crippen LogP contribution >= 0.6 is 11.3 Å². The lowest BCUT2D eigenvalue weighted by Crippen LogP contribution is -2.15. The Hall–Kier alpha value is -3.30. The number of hydrogen-bond acceptors (Lipinski definition) is 6. The standard InChI is InChI=1S/C24H25FN4O3S/c1-14(2)29-23-18(13-26-29)17(12-20(27-23)22-8-5-15(3)33-22)24(30)28-19-11-16(25)6-7-21(19)32-10-9-31-4/h5-8,11-14H,9-10H2,1-4H3,(H,28,30). The molecule has 1 aromatic carbocycles. The Labute approximate surface area is 195 Å². The topological polar surface area (TPSA) is 78.3 Å². The van der Waals surface area contributed by atoms with E-state index >= 15 is 0 Å². The van der Waals surface area contributed by atoms with E-state index < -0.39 is 11.7 Å². The van der Waals surface area contributed by atoms with Gasteiger partial charge in [-0.15, -0.1) is 11.3 Å². The maximum absolute atomic E-state index is 14.0. The molecule has 3 heterocycles. The van der Waals surface area contributed by atoms with Crippen LogP contribution in [0.15, 0.2) is 42.6 Å². The SMILES string of the molecule is COCCOc1ccc(F)cc1NC(=O)c1cc(-c2ccc(C)s2)nc2c1cnn2C(C)C. The molecule has 0 saturated heterocycles. The number of rotatable bonds is 8. The molecule has 0 aliphatic heterocycles. The van der Waals surface area contributed by atoms with Crippen LogP contribution in [-0.2, 0) is 4.74 Å². The van der Waals surface area contributed by atoms with E-state index in [1.165, 1.54) is 18.2 Å². The van der Waals surface area contributed by atoms with E-state index in [9.17, 15) is 9.18 Å². The Bertz CT molecular complexity index is 1300. The van der Waals surface area contributed by atoms with Gasteiger partial charge in [0.1, 0.15) is 18.2 Å². The molecule has 0 aliphatic rings. The molecule has 172 valence electrons. The van der Waals surface area contributed by atoms with Crippen LogP contribution < -0.4 is 10.1 Å². The molecule has 1 N–H and O–H groups in total. The quantitative estimate of drug-likeness (QED) is 0.347. The zero-order chi connectivity index (χ0) is 23.5. The molecule has 3 aromatic heterocycles. The molecule has 0 atom stereocenters. The fourth-order valence-corrected chi connectivity index (χ4v) is 4.26. The van der Waals surface area contributed by atoms with Crippen LogP contribution in [0, 0.1) is 12.7 Å². The molecule has 0 spiro atoms. The summed E-state index contributed by atoms with van der Waals surface area (Å²) in [5.41, 5.74) is 1.95. The Morgan fingerprint density at radius 1 is 1.21 bits per heavy atom. The van der Waals surface area contributed by atoms with Crippen LogP contribution in [0.1, 0.15) is 35.1 Å². The second-order valence-electron chi connectivity index (χ2n) is 7.82. The van der Waals surface area contributed by atoms with Gasteiger partial charge in [0.25, 0.3) is 5.91 Å². The summed E-state index contributed by atoms with van der Waals surface area (Å²) < 4.78 is 26.4. The molecule has 4 aromatic rings. The summed E-state index contributed by atoms with van der Waals surface area (Å²) >= 11 is 1.60. The lowest BCUT2D eigenvalue weighted by Gasteiger charge is -2.14. The summed E-state index contributed by atoms with van der Waals surface area (Å²) in [4.78, 5) is 20.3. The van der Waals surface area contributed by atoms with Gasteiger partial charge in [-0.05, 0) is 51.1 Å². The third kappa shape index (κ3) is 4.89. The van der Waals surface area contributed by atoms with Gasteiger partial charge in [-0.3, -0.25) is 4.79 Å². The second kappa shape index (κ2) is 9.68. The predicted molar refractivity (Wildman–Crippen MR) is 128 cm³/mol. The average molecular weight is 469 g/mol. The third-order valence-corrected chi connectivity index (χ3v) is 6.05. The van der Waals surface area contributed by atoms with Crippen LogP contribution in [0.25, 0.3) is 21.6 Å². The number of carbonyl (C=O) groups is 1. The molecule has 0 fully saturated rings. The molecule has 4 rings (SSSR count). The van der Waals surface area contributed by atoms with E-state index in [0.717, 1.165) is 9.75 Å². The van der Waals surface area contributed by atoms with Crippen molar-refractivity contribution in [1.29, 1.82) is 0 Å². The Morgan fingerprint density at radius 3 is 2.73 bits per heavy atom. The number of methoxy groups -OCH3 is 1. The molecule has 7 nitrogen and oxygen atoms in total. The molecule has 9 heteroatoms. The number of nitrogens with zero attached hydrogens (tertiary/aromatic N) is 3. The molecule has 0 unspecified atom stereocenters. The number of benzene rings is 1. The summed E-state index contributed by atoms with van der Waals surface area (Å²) in [6.07, 6.45) is 1.64. The van der Waals surface area contributed by atoms with Gasteiger partial charge >= 0.3 is 0 Å². The van der Waals surface area contributed by atoms with Crippen molar-refractivity contribution in [3.8, 4) is 16.3 Å². The second-order valence-corrected chi connectivity index (χ2v) is 9.11. The van der Waals surface area contributed by atoms with Crippen molar-refractivity contribution in [2.75, 3.05) is 25.6 Å². The number of aryl methyl sites for hydroxylation is 1. The number of thiophene rings is 1. The first kappa shape index (κ1) is 22.9. The number of ether oxygens (including phenoxy) is 2. The van der Waals surface area contributed by atoms with Crippen LogP contribution in [0.4, 0.5) is 10.1 Å². The normalized spacial score (nSPS) is 11.3. The van der Waals surface area contributed by atoms with Gasteiger partial charge in [0.15, 0.2) is 5.65 Å². The lowest BCUT2D eigenvalue weighted by atomic mass is 10.1. The molecule has 0 aliphatic carbocycles. The van der Waals surface area contributed by atoms with Gasteiger partial charge < -0.3 is 14.8 Å². The van der Waals surface area contributed by atoms with Gasteiger partial charge in [-0.2, -0.15) is 5.10 Å². The van der Waals surface area contributed by atoms with Crippen molar-refractivity contribution in [3.63, 3.8) is 0 Å². The largest absolute Gasteiger partial charge is 0.489 e. The fraction of sp³-hybridized carbons (Fsp3) is 0.292. The number of anilines is 1. The first-order valence-electron chi connectivity index (χ1n) is 10.5. The summed E-state index contributed by atoms with van der Waals surface area (Å²) in [6.45, 7) is 6.67. The number of aromatic nitrogens is 3. The monoisotopic (exact) mass is 468 g/mol. The average Bonchev–Trinajstić information content (AvgIpc) is 3.41. The molecule has 0 saturated carbocycles. The highest BCUT2D eigenvalue weighted by atomic mass is 32.1. The predicted octanol–water partition coefficient (Wildman–Crippen LogP) is 5.47. The van der Waals surface area contributed by atoms with Crippen molar-refractivity contribution in [2.45, 2.75) is 26.8 Å². The molecule has 33 heavy (non-hydrogen) atoms. The maximum atomic E-state index is 14.0. The number of nitrogens with one attached hydrogen (secondary N) is 1. The minimum absolute atomic E-state index is 0.0650. The van der Waals surface area contributed by atoms with Crippen molar-refractivity contribution < 1.29 is 18.7 Å². The van der Waals surface area contributed by atoms with Gasteiger partial charge in [0.2, 0.25) is 0 Å². The summed E-state index contributed by atoms with van der Waals surface area (Å²) in [5, 5.41) is 7.87. The summed E-state index contributed by atoms with van der Waals surface area (Å²) in [5.74, 6) is -0.520. The number of hydrogen-bond donors (Lipinski definition) is 1. The Morgan fingerprint density at radius 2 is 2.03 bits per heavy atom. The van der Waals surface area contributed by atoms with Gasteiger partial charge in [0.05, 0.1) is 40.0 Å². The number of pyridine rings is 1. The number of amides is 1. The van der Waals surface area contributed by atoms with E-state index in [-0.39, 0.29) is 18.3 Å². The fourth-order valence-electron chi connectivity index (χ4n) is 3.43. The third-order valence-electron chi connectivity index (χ3n) is 5.03. The maximum Gasteiger partial charge on any atom is 0.256 e. The van der Waals surface area contributed by atoms with E-state index in [1.54, 1.807) is 35.4 Å². The van der Waals surface area contributed by atoms with Gasteiger partial charge in [0, 0.05) is 24.1 Å². The van der Waals surface area contributed by atoms with Crippen molar-refractivity contribution in [1.82, 2.24) is 14.8 Å². The highest BCUT2D eigenvalue weighted by Crippen LogP contribution is 2.32. The number of carbonyl (C=O) groups excluding carboxylic acids is 1. The highest BCUT2D eigenvalue weighted by molar-refractivity contribution is 7.15. The highest BCUT2D eigenvalue weighted by Gasteiger charge is 2.20. The van der Waals surface area contributed by atoms with Crippen LogP contribution in [0.5, 0.6) is 5.75 Å². The number of fused-ring (bicyclic) bond motifs is 1. The molecular weight excluding hydrogens is 443 g/mol. The molecule has 1 amide bonds. The van der Waals surface area contributed by atoms with Crippen LogP contribution in [0.2, 0.25) is 0 Å². The molecule has 0 bridgehead atoms. The van der Waals surface area contributed by atoms with E-state index in [0.29, 0.717) is 34.6 Å². The Balaban J connectivity index is 1.76. The molecule has 0 radical (unpaired) electrons. The zero-order valence-electron chi connectivity index (χ0n) is 18.9. The van der Waals surface area contributed by atoms with Gasteiger partial charge in [-0.25, -0.2) is 14.1 Å². The lowest BCUT2D eigenvalue weighted by molar-refractivity contribution is 0.102. The van der Waals surface area contributed by atoms with Crippen molar-refractivity contribution in [2.24, 2.45) is 0 Å². The smallest absolute Gasteiger partial charge is 0.256 e. The van der Waals surface area contributed by atoms with Crippen LogP contribution in [-0.4, -0.2) is 41.0 Å². The first-order chi connectivity index (χ1) is 15.9. The van der Waals surface area contributed by atoms with Crippen LogP contribution in [0.3, 0.4) is 0 Å². The van der Waals surface area contributed by atoms with E-state index in [2.05, 4.69) is 10.4 Å². The summed E-state index contributed by atoms with van der Waals surface area (Å²) in [7, 11) is 1.56. The van der Waals surface area contributed by atoms with Crippen molar-refractivity contribution in [3.05, 3.63) is 58.9 Å². The Kier molecular flexibility index (Phi) is 6.71. The minimum Gasteiger partial charge on any atom is -0.489 e. The van der Waals surface area contributed by atoms with Gasteiger partial charge in [-0.1, -0.05) is 0 Å². The van der Waals surface area contributed by atoms with E-state index in [1.807, 2.05) is 32.9 Å². The van der Waals surface area contributed by atoms with E-state index in [4.69, 9.17) is 14.5 Å². The minimum atomic E-state index is -0.480. The first-order valence-corrected chi connectivity index (χ1v) is 11.4.